The zero-order valence-corrected chi connectivity index (χ0v) is 12.3. The molecule has 0 aromatic carbocycles. The standard InChI is InChI=1S/C15H19N3OS/c19-15-8-7-13(14-6-5-11-20-14)16-18(15)12-17-9-3-1-2-4-10-17/h5-8,11H,1-4,9-10,12H2. The second-order valence-corrected chi connectivity index (χ2v) is 6.16. The molecule has 2 aromatic rings. The van der Waals surface area contributed by atoms with Crippen LogP contribution in [0.5, 0.6) is 0 Å². The lowest BCUT2D eigenvalue weighted by Crippen LogP contribution is -2.34. The van der Waals surface area contributed by atoms with Crippen molar-refractivity contribution in [3.63, 3.8) is 0 Å². The lowest BCUT2D eigenvalue weighted by Gasteiger charge is -2.20. The fraction of sp³-hybridized carbons (Fsp3) is 0.467. The number of hydrogen-bond donors (Lipinski definition) is 0. The van der Waals surface area contributed by atoms with Gasteiger partial charge >= 0.3 is 0 Å². The molecule has 0 atom stereocenters. The average Bonchev–Trinajstić information content (AvgIpc) is 2.87. The number of aromatic nitrogens is 2. The maximum atomic E-state index is 12.0. The van der Waals surface area contributed by atoms with Crippen molar-refractivity contribution in [3.8, 4) is 10.6 Å². The van der Waals surface area contributed by atoms with E-state index >= 15 is 0 Å². The first-order valence-corrected chi connectivity index (χ1v) is 8.05. The summed E-state index contributed by atoms with van der Waals surface area (Å²) in [7, 11) is 0. The number of thiophene rings is 1. The third kappa shape index (κ3) is 3.16. The topological polar surface area (TPSA) is 38.1 Å². The van der Waals surface area contributed by atoms with Crippen LogP contribution in [0.15, 0.2) is 34.4 Å². The van der Waals surface area contributed by atoms with Crippen molar-refractivity contribution in [3.05, 3.63) is 40.0 Å². The van der Waals surface area contributed by atoms with Crippen molar-refractivity contribution in [1.82, 2.24) is 14.7 Å². The summed E-state index contributed by atoms with van der Waals surface area (Å²) in [5.41, 5.74) is 0.865. The molecule has 0 bridgehead atoms. The Morgan fingerprint density at radius 1 is 1.10 bits per heavy atom. The van der Waals surface area contributed by atoms with E-state index in [4.69, 9.17) is 0 Å². The molecule has 0 N–H and O–H groups in total. The molecule has 3 heterocycles. The Morgan fingerprint density at radius 2 is 1.90 bits per heavy atom. The van der Waals surface area contributed by atoms with Gasteiger partial charge in [0, 0.05) is 6.07 Å². The van der Waals surface area contributed by atoms with Gasteiger partial charge in [0.2, 0.25) is 0 Å². The molecule has 1 aliphatic rings. The van der Waals surface area contributed by atoms with Crippen LogP contribution in [0.2, 0.25) is 0 Å². The summed E-state index contributed by atoms with van der Waals surface area (Å²) in [4.78, 5) is 15.4. The lowest BCUT2D eigenvalue weighted by molar-refractivity contribution is 0.210. The molecule has 0 unspecified atom stereocenters. The van der Waals surface area contributed by atoms with Gasteiger partial charge in [0.1, 0.15) is 5.69 Å². The van der Waals surface area contributed by atoms with Crippen LogP contribution in [0.3, 0.4) is 0 Å². The number of nitrogens with zero attached hydrogens (tertiary/aromatic N) is 3. The van der Waals surface area contributed by atoms with Gasteiger partial charge < -0.3 is 0 Å². The minimum absolute atomic E-state index is 0.0189. The van der Waals surface area contributed by atoms with Crippen LogP contribution in [0.25, 0.3) is 10.6 Å². The highest BCUT2D eigenvalue weighted by Crippen LogP contribution is 2.21. The minimum Gasteiger partial charge on any atom is -0.284 e. The summed E-state index contributed by atoms with van der Waals surface area (Å²) in [6.45, 7) is 2.74. The van der Waals surface area contributed by atoms with Crippen LogP contribution in [0, 0.1) is 0 Å². The first-order valence-electron chi connectivity index (χ1n) is 7.17. The maximum absolute atomic E-state index is 12.0. The second-order valence-electron chi connectivity index (χ2n) is 5.21. The summed E-state index contributed by atoms with van der Waals surface area (Å²) in [5.74, 6) is 0. The van der Waals surface area contributed by atoms with Crippen molar-refractivity contribution in [2.45, 2.75) is 32.4 Å². The molecule has 106 valence electrons. The molecule has 0 amide bonds. The molecule has 0 spiro atoms. The molecule has 2 aromatic heterocycles. The monoisotopic (exact) mass is 289 g/mol. The molecule has 1 fully saturated rings. The van der Waals surface area contributed by atoms with Crippen LogP contribution in [0.1, 0.15) is 25.7 Å². The fourth-order valence-corrected chi connectivity index (χ4v) is 3.26. The summed E-state index contributed by atoms with van der Waals surface area (Å²) in [5, 5.41) is 6.54. The van der Waals surface area contributed by atoms with Crippen LogP contribution in [-0.2, 0) is 6.67 Å². The van der Waals surface area contributed by atoms with Crippen molar-refractivity contribution in [2.24, 2.45) is 0 Å². The van der Waals surface area contributed by atoms with E-state index < -0.39 is 0 Å². The Balaban J connectivity index is 1.81. The average molecular weight is 289 g/mol. The highest BCUT2D eigenvalue weighted by molar-refractivity contribution is 7.13. The van der Waals surface area contributed by atoms with E-state index in [1.807, 2.05) is 23.6 Å². The van der Waals surface area contributed by atoms with Gasteiger partial charge in [0.05, 0.1) is 11.5 Å². The summed E-state index contributed by atoms with van der Waals surface area (Å²) in [6.07, 6.45) is 5.04. The van der Waals surface area contributed by atoms with Gasteiger partial charge in [-0.15, -0.1) is 11.3 Å². The van der Waals surface area contributed by atoms with E-state index in [1.54, 1.807) is 22.1 Å². The van der Waals surface area contributed by atoms with Crippen LogP contribution >= 0.6 is 11.3 Å². The van der Waals surface area contributed by atoms with Crippen molar-refractivity contribution >= 4 is 11.3 Å². The molecule has 1 saturated heterocycles. The van der Waals surface area contributed by atoms with Gasteiger partial charge in [-0.2, -0.15) is 5.10 Å². The molecule has 1 aliphatic heterocycles. The Kier molecular flexibility index (Phi) is 4.28. The lowest BCUT2D eigenvalue weighted by atomic mass is 10.2. The number of rotatable bonds is 3. The number of likely N-dealkylation sites (tertiary alicyclic amines) is 1. The Labute approximate surface area is 122 Å². The maximum Gasteiger partial charge on any atom is 0.268 e. The molecule has 5 heteroatoms. The second kappa shape index (κ2) is 6.33. The first kappa shape index (κ1) is 13.5. The quantitative estimate of drug-likeness (QED) is 0.872. The SMILES string of the molecule is O=c1ccc(-c2cccs2)nn1CN1CCCCCC1. The van der Waals surface area contributed by atoms with Crippen molar-refractivity contribution in [2.75, 3.05) is 13.1 Å². The predicted octanol–water partition coefficient (Wildman–Crippen LogP) is 2.81. The Hall–Kier alpha value is -1.46. The van der Waals surface area contributed by atoms with Gasteiger partial charge in [0.15, 0.2) is 0 Å². The van der Waals surface area contributed by atoms with E-state index in [9.17, 15) is 4.79 Å². The molecule has 0 saturated carbocycles. The van der Waals surface area contributed by atoms with Crippen LogP contribution in [0.4, 0.5) is 0 Å². The molecular weight excluding hydrogens is 270 g/mol. The van der Waals surface area contributed by atoms with E-state index in [2.05, 4.69) is 10.00 Å². The van der Waals surface area contributed by atoms with E-state index in [0.29, 0.717) is 6.67 Å². The third-order valence-corrected chi connectivity index (χ3v) is 4.57. The molecule has 0 radical (unpaired) electrons. The summed E-state index contributed by atoms with van der Waals surface area (Å²) < 4.78 is 1.60. The zero-order chi connectivity index (χ0) is 13.8. The summed E-state index contributed by atoms with van der Waals surface area (Å²) in [6, 6.07) is 7.48. The molecule has 3 rings (SSSR count). The third-order valence-electron chi connectivity index (χ3n) is 3.67. The van der Waals surface area contributed by atoms with Crippen LogP contribution < -0.4 is 5.56 Å². The highest BCUT2D eigenvalue weighted by Gasteiger charge is 2.11. The normalized spacial score (nSPS) is 17.0. The molecule has 4 nitrogen and oxygen atoms in total. The fourth-order valence-electron chi connectivity index (χ4n) is 2.57. The minimum atomic E-state index is -0.0189. The first-order chi connectivity index (χ1) is 9.83. The van der Waals surface area contributed by atoms with Gasteiger partial charge in [-0.3, -0.25) is 9.69 Å². The van der Waals surface area contributed by atoms with E-state index in [0.717, 1.165) is 23.7 Å². The number of hydrogen-bond acceptors (Lipinski definition) is 4. The summed E-state index contributed by atoms with van der Waals surface area (Å²) >= 11 is 1.65. The predicted molar refractivity (Wildman–Crippen MR) is 81.9 cm³/mol. The van der Waals surface area contributed by atoms with Gasteiger partial charge in [-0.1, -0.05) is 18.9 Å². The van der Waals surface area contributed by atoms with Gasteiger partial charge in [-0.25, -0.2) is 4.68 Å². The van der Waals surface area contributed by atoms with Crippen LogP contribution in [-0.4, -0.2) is 27.8 Å². The van der Waals surface area contributed by atoms with Crippen molar-refractivity contribution in [1.29, 1.82) is 0 Å². The van der Waals surface area contributed by atoms with Gasteiger partial charge in [-0.05, 0) is 43.4 Å². The van der Waals surface area contributed by atoms with Crippen molar-refractivity contribution < 1.29 is 0 Å². The Morgan fingerprint density at radius 3 is 2.60 bits per heavy atom. The largest absolute Gasteiger partial charge is 0.284 e. The van der Waals surface area contributed by atoms with Gasteiger partial charge in [0.25, 0.3) is 5.56 Å². The molecule has 0 aliphatic carbocycles. The molecular formula is C15H19N3OS. The zero-order valence-electron chi connectivity index (χ0n) is 11.5. The smallest absolute Gasteiger partial charge is 0.268 e. The highest BCUT2D eigenvalue weighted by atomic mass is 32.1. The van der Waals surface area contributed by atoms with E-state index in [1.165, 1.54) is 25.7 Å². The Bertz CT molecular complexity index is 598. The molecule has 20 heavy (non-hydrogen) atoms. The van der Waals surface area contributed by atoms with E-state index in [-0.39, 0.29) is 5.56 Å².